The second kappa shape index (κ2) is 5.28. The van der Waals surface area contributed by atoms with E-state index in [9.17, 15) is 0 Å². The lowest BCUT2D eigenvalue weighted by Crippen LogP contribution is -2.23. The van der Waals surface area contributed by atoms with Crippen molar-refractivity contribution in [2.75, 3.05) is 0 Å². The Morgan fingerprint density at radius 3 is 2.86 bits per heavy atom. The molecule has 2 atom stereocenters. The Hall–Kier alpha value is -1.64. The van der Waals surface area contributed by atoms with Gasteiger partial charge in [0.05, 0.1) is 0 Å². The van der Waals surface area contributed by atoms with Gasteiger partial charge in [0.1, 0.15) is 0 Å². The Morgan fingerprint density at radius 1 is 1.05 bits per heavy atom. The summed E-state index contributed by atoms with van der Waals surface area (Å²) in [6.45, 7) is 0. The molecular formula is C19H19NS. The summed E-state index contributed by atoms with van der Waals surface area (Å²) in [5.74, 6) is 0.464. The van der Waals surface area contributed by atoms with Gasteiger partial charge in [-0.05, 0) is 52.6 Å². The molecule has 4 rings (SSSR count). The van der Waals surface area contributed by atoms with Crippen molar-refractivity contribution in [2.24, 2.45) is 5.73 Å². The predicted molar refractivity (Wildman–Crippen MR) is 90.9 cm³/mol. The molecule has 1 aromatic heterocycles. The third kappa shape index (κ3) is 2.19. The van der Waals surface area contributed by atoms with Gasteiger partial charge < -0.3 is 5.73 Å². The van der Waals surface area contributed by atoms with E-state index in [2.05, 4.69) is 53.9 Å². The number of fused-ring (bicyclic) bond motifs is 2. The summed E-state index contributed by atoms with van der Waals surface area (Å²) in [5.41, 5.74) is 9.50. The van der Waals surface area contributed by atoms with Crippen molar-refractivity contribution in [1.29, 1.82) is 0 Å². The number of hydrogen-bond acceptors (Lipinski definition) is 2. The van der Waals surface area contributed by atoms with Gasteiger partial charge in [-0.3, -0.25) is 0 Å². The molecule has 1 aliphatic rings. The number of nitrogens with two attached hydrogens (primary N) is 1. The molecule has 2 unspecified atom stereocenters. The van der Waals surface area contributed by atoms with E-state index in [4.69, 9.17) is 5.73 Å². The van der Waals surface area contributed by atoms with Crippen LogP contribution in [0.25, 0.3) is 10.8 Å². The first-order valence-electron chi connectivity index (χ1n) is 7.64. The molecule has 0 spiro atoms. The summed E-state index contributed by atoms with van der Waals surface area (Å²) in [6, 6.07) is 17.4. The molecule has 2 N–H and O–H groups in total. The van der Waals surface area contributed by atoms with Crippen LogP contribution in [0.4, 0.5) is 0 Å². The number of hydrogen-bond donors (Lipinski definition) is 1. The van der Waals surface area contributed by atoms with E-state index in [1.807, 2.05) is 11.3 Å². The van der Waals surface area contributed by atoms with Gasteiger partial charge in [-0.25, -0.2) is 0 Å². The average molecular weight is 293 g/mol. The monoisotopic (exact) mass is 293 g/mol. The fraction of sp³-hybridized carbons (Fsp3) is 0.263. The minimum Gasteiger partial charge on any atom is -0.323 e. The molecule has 1 heterocycles. The second-order valence-corrected chi connectivity index (χ2v) is 6.89. The smallest absolute Gasteiger partial charge is 0.0371 e. The third-order valence-electron chi connectivity index (χ3n) is 4.71. The van der Waals surface area contributed by atoms with Gasteiger partial charge >= 0.3 is 0 Å². The molecule has 0 amide bonds. The van der Waals surface area contributed by atoms with E-state index in [0.717, 1.165) is 0 Å². The third-order valence-corrected chi connectivity index (χ3v) is 5.71. The van der Waals surface area contributed by atoms with Crippen LogP contribution in [0.5, 0.6) is 0 Å². The van der Waals surface area contributed by atoms with E-state index >= 15 is 0 Å². The molecule has 2 aromatic carbocycles. The van der Waals surface area contributed by atoms with Crippen LogP contribution in [-0.4, -0.2) is 0 Å². The van der Waals surface area contributed by atoms with Gasteiger partial charge in [0, 0.05) is 16.8 Å². The Morgan fingerprint density at radius 2 is 1.90 bits per heavy atom. The largest absolute Gasteiger partial charge is 0.323 e. The first kappa shape index (κ1) is 13.1. The predicted octanol–water partition coefficient (Wildman–Crippen LogP) is 5.02. The zero-order valence-corrected chi connectivity index (χ0v) is 12.8. The standard InChI is InChI=1S/C19H19NS/c20-19(17-9-4-10-18-15(17)11-12-21-18)16-8-3-6-13-5-1-2-7-14(13)16/h1-3,5-8,11-12,17,19H,4,9-10,20H2. The normalized spacial score (nSPS) is 19.4. The highest BCUT2D eigenvalue weighted by atomic mass is 32.1. The first-order chi connectivity index (χ1) is 10.3. The molecule has 0 aliphatic heterocycles. The van der Waals surface area contributed by atoms with Crippen molar-refractivity contribution < 1.29 is 0 Å². The Balaban J connectivity index is 1.80. The summed E-state index contributed by atoms with van der Waals surface area (Å²) in [5, 5.41) is 4.81. The van der Waals surface area contributed by atoms with E-state index in [1.54, 1.807) is 4.88 Å². The van der Waals surface area contributed by atoms with Crippen LogP contribution >= 0.6 is 11.3 Å². The maximum atomic E-state index is 6.71. The molecule has 0 radical (unpaired) electrons. The quantitative estimate of drug-likeness (QED) is 0.705. The van der Waals surface area contributed by atoms with Gasteiger partial charge in [-0.15, -0.1) is 11.3 Å². The van der Waals surface area contributed by atoms with E-state index in [1.165, 1.54) is 41.2 Å². The fourth-order valence-electron chi connectivity index (χ4n) is 3.65. The zero-order chi connectivity index (χ0) is 14.2. The highest BCUT2D eigenvalue weighted by molar-refractivity contribution is 7.10. The van der Waals surface area contributed by atoms with Crippen molar-refractivity contribution >= 4 is 22.1 Å². The van der Waals surface area contributed by atoms with Gasteiger partial charge in [0.15, 0.2) is 0 Å². The van der Waals surface area contributed by atoms with Crippen molar-refractivity contribution in [1.82, 2.24) is 0 Å². The maximum Gasteiger partial charge on any atom is 0.0371 e. The molecule has 3 aromatic rings. The van der Waals surface area contributed by atoms with Gasteiger partial charge in [-0.2, -0.15) is 0 Å². The molecule has 1 aliphatic carbocycles. The topological polar surface area (TPSA) is 26.0 Å². The SMILES string of the molecule is NC(c1cccc2ccccc12)C1CCCc2sccc21. The summed E-state index contributed by atoms with van der Waals surface area (Å²) in [6.07, 6.45) is 3.69. The van der Waals surface area contributed by atoms with Crippen LogP contribution in [0.1, 0.15) is 40.8 Å². The zero-order valence-electron chi connectivity index (χ0n) is 12.0. The van der Waals surface area contributed by atoms with E-state index < -0.39 is 0 Å². The Bertz CT molecular complexity index is 769. The van der Waals surface area contributed by atoms with Gasteiger partial charge in [-0.1, -0.05) is 42.5 Å². The van der Waals surface area contributed by atoms with Crippen molar-refractivity contribution in [3.05, 3.63) is 69.9 Å². The molecule has 2 heteroatoms. The molecular weight excluding hydrogens is 274 g/mol. The lowest BCUT2D eigenvalue weighted by Gasteiger charge is -2.29. The van der Waals surface area contributed by atoms with Gasteiger partial charge in [0.25, 0.3) is 0 Å². The molecule has 0 saturated heterocycles. The minimum absolute atomic E-state index is 0.0877. The molecule has 0 bridgehead atoms. The lowest BCUT2D eigenvalue weighted by atomic mass is 9.79. The summed E-state index contributed by atoms with van der Waals surface area (Å²) >= 11 is 1.89. The van der Waals surface area contributed by atoms with Crippen LogP contribution in [0.15, 0.2) is 53.9 Å². The van der Waals surface area contributed by atoms with Crippen LogP contribution in [-0.2, 0) is 6.42 Å². The molecule has 1 nitrogen and oxygen atoms in total. The van der Waals surface area contributed by atoms with Crippen LogP contribution in [0, 0.1) is 0 Å². The Labute approximate surface area is 129 Å². The van der Waals surface area contributed by atoms with Crippen molar-refractivity contribution in [2.45, 2.75) is 31.2 Å². The maximum absolute atomic E-state index is 6.71. The van der Waals surface area contributed by atoms with E-state index in [-0.39, 0.29) is 6.04 Å². The molecule has 0 fully saturated rings. The second-order valence-electron chi connectivity index (χ2n) is 5.89. The summed E-state index contributed by atoms with van der Waals surface area (Å²) in [4.78, 5) is 1.54. The summed E-state index contributed by atoms with van der Waals surface area (Å²) in [7, 11) is 0. The number of benzene rings is 2. The lowest BCUT2D eigenvalue weighted by molar-refractivity contribution is 0.481. The van der Waals surface area contributed by atoms with Crippen LogP contribution in [0.2, 0.25) is 0 Å². The highest BCUT2D eigenvalue weighted by Gasteiger charge is 2.28. The first-order valence-corrected chi connectivity index (χ1v) is 8.52. The van der Waals surface area contributed by atoms with Gasteiger partial charge in [0.2, 0.25) is 0 Å². The Kier molecular flexibility index (Phi) is 3.28. The number of aryl methyl sites for hydroxylation is 1. The fourth-order valence-corrected chi connectivity index (χ4v) is 4.65. The molecule has 0 saturated carbocycles. The minimum atomic E-state index is 0.0877. The molecule has 21 heavy (non-hydrogen) atoms. The number of thiophene rings is 1. The van der Waals surface area contributed by atoms with Crippen LogP contribution < -0.4 is 5.73 Å². The highest BCUT2D eigenvalue weighted by Crippen LogP contribution is 2.42. The average Bonchev–Trinajstić information content (AvgIpc) is 3.02. The van der Waals surface area contributed by atoms with E-state index in [0.29, 0.717) is 5.92 Å². The molecule has 106 valence electrons. The van der Waals surface area contributed by atoms with Crippen LogP contribution in [0.3, 0.4) is 0 Å². The number of rotatable bonds is 2. The van der Waals surface area contributed by atoms with Crippen molar-refractivity contribution in [3.8, 4) is 0 Å². The van der Waals surface area contributed by atoms with Crippen molar-refractivity contribution in [3.63, 3.8) is 0 Å². The summed E-state index contributed by atoms with van der Waals surface area (Å²) < 4.78 is 0.